The average molecular weight is 253 g/mol. The molecule has 0 unspecified atom stereocenters. The number of hydrogen-bond acceptors (Lipinski definition) is 6. The number of benzene rings is 1. The molecule has 0 amide bonds. The number of carbonyl (C=O) groups excluding carboxylic acids is 2. The Bertz CT molecular complexity index is 444. The zero-order valence-corrected chi connectivity index (χ0v) is 10.3. The Morgan fingerprint density at radius 3 is 2.61 bits per heavy atom. The number of rotatable bonds is 5. The van der Waals surface area contributed by atoms with Crippen molar-refractivity contribution < 1.29 is 23.8 Å². The van der Waals surface area contributed by atoms with Crippen LogP contribution in [0.15, 0.2) is 18.2 Å². The lowest BCUT2D eigenvalue weighted by atomic mass is 10.2. The van der Waals surface area contributed by atoms with Crippen molar-refractivity contribution in [2.45, 2.75) is 6.42 Å². The first-order valence-corrected chi connectivity index (χ1v) is 5.26. The first-order valence-electron chi connectivity index (χ1n) is 5.26. The van der Waals surface area contributed by atoms with Gasteiger partial charge in [0, 0.05) is 5.69 Å². The fraction of sp³-hybridized carbons (Fsp3) is 0.333. The summed E-state index contributed by atoms with van der Waals surface area (Å²) in [4.78, 5) is 22.5. The van der Waals surface area contributed by atoms with Crippen LogP contribution in [0.2, 0.25) is 0 Å². The molecule has 2 N–H and O–H groups in total. The third-order valence-electron chi connectivity index (χ3n) is 2.25. The molecule has 0 heterocycles. The van der Waals surface area contributed by atoms with E-state index in [0.717, 1.165) is 0 Å². The standard InChI is InChI=1S/C12H15NO5/c1-16-8-3-4-10(13)9(7-8)12(15)18-6-5-11(14)17-2/h3-4,7H,5-6,13H2,1-2H3. The maximum Gasteiger partial charge on any atom is 0.340 e. The van der Waals surface area contributed by atoms with E-state index < -0.39 is 11.9 Å². The van der Waals surface area contributed by atoms with Gasteiger partial charge in [0.1, 0.15) is 12.4 Å². The van der Waals surface area contributed by atoms with Gasteiger partial charge in [-0.15, -0.1) is 0 Å². The van der Waals surface area contributed by atoms with Gasteiger partial charge in [0.25, 0.3) is 0 Å². The number of hydrogen-bond donors (Lipinski definition) is 1. The summed E-state index contributed by atoms with van der Waals surface area (Å²) in [6, 6.07) is 4.67. The molecule has 0 fully saturated rings. The average Bonchev–Trinajstić information content (AvgIpc) is 2.38. The normalized spacial score (nSPS) is 9.67. The highest BCUT2D eigenvalue weighted by Gasteiger charge is 2.13. The van der Waals surface area contributed by atoms with Crippen molar-refractivity contribution in [3.05, 3.63) is 23.8 Å². The lowest BCUT2D eigenvalue weighted by Crippen LogP contribution is -2.12. The van der Waals surface area contributed by atoms with E-state index in [9.17, 15) is 9.59 Å². The van der Waals surface area contributed by atoms with Gasteiger partial charge in [0.2, 0.25) is 0 Å². The number of methoxy groups -OCH3 is 2. The number of anilines is 1. The van der Waals surface area contributed by atoms with Crippen LogP contribution in [-0.2, 0) is 14.3 Å². The summed E-state index contributed by atoms with van der Waals surface area (Å²) in [7, 11) is 2.75. The molecule has 0 saturated carbocycles. The lowest BCUT2D eigenvalue weighted by Gasteiger charge is -2.08. The van der Waals surface area contributed by atoms with E-state index in [1.165, 1.54) is 20.3 Å². The van der Waals surface area contributed by atoms with Crippen LogP contribution in [0.5, 0.6) is 5.75 Å². The molecule has 18 heavy (non-hydrogen) atoms. The molecule has 0 radical (unpaired) electrons. The van der Waals surface area contributed by atoms with Gasteiger partial charge < -0.3 is 19.9 Å². The summed E-state index contributed by atoms with van der Waals surface area (Å²) < 4.78 is 14.3. The van der Waals surface area contributed by atoms with Gasteiger partial charge in [-0.1, -0.05) is 0 Å². The summed E-state index contributed by atoms with van der Waals surface area (Å²) >= 11 is 0. The van der Waals surface area contributed by atoms with Crippen LogP contribution in [0.3, 0.4) is 0 Å². The highest BCUT2D eigenvalue weighted by molar-refractivity contribution is 5.95. The van der Waals surface area contributed by atoms with Crippen molar-refractivity contribution in [3.63, 3.8) is 0 Å². The molecule has 1 aromatic carbocycles. The highest BCUT2D eigenvalue weighted by Crippen LogP contribution is 2.20. The number of carbonyl (C=O) groups is 2. The minimum atomic E-state index is -0.602. The Morgan fingerprint density at radius 2 is 2.00 bits per heavy atom. The molecule has 1 aromatic rings. The smallest absolute Gasteiger partial charge is 0.340 e. The van der Waals surface area contributed by atoms with Gasteiger partial charge in [-0.3, -0.25) is 4.79 Å². The molecule has 0 aliphatic heterocycles. The monoisotopic (exact) mass is 253 g/mol. The highest BCUT2D eigenvalue weighted by atomic mass is 16.5. The van der Waals surface area contributed by atoms with Crippen LogP contribution in [0, 0.1) is 0 Å². The molecule has 0 aromatic heterocycles. The van der Waals surface area contributed by atoms with Crippen LogP contribution >= 0.6 is 0 Å². The van der Waals surface area contributed by atoms with Crippen molar-refractivity contribution in [1.82, 2.24) is 0 Å². The zero-order chi connectivity index (χ0) is 13.5. The van der Waals surface area contributed by atoms with Crippen molar-refractivity contribution in [2.24, 2.45) is 0 Å². The van der Waals surface area contributed by atoms with Gasteiger partial charge in [0.05, 0.1) is 26.2 Å². The predicted molar refractivity (Wildman–Crippen MR) is 64.3 cm³/mol. The Hall–Kier alpha value is -2.24. The van der Waals surface area contributed by atoms with E-state index in [1.807, 2.05) is 0 Å². The summed E-state index contributed by atoms with van der Waals surface area (Å²) in [6.07, 6.45) is 0.00606. The number of nitrogen functional groups attached to an aromatic ring is 1. The van der Waals surface area contributed by atoms with Crippen molar-refractivity contribution in [1.29, 1.82) is 0 Å². The second-order valence-electron chi connectivity index (χ2n) is 3.42. The van der Waals surface area contributed by atoms with Crippen LogP contribution in [0.25, 0.3) is 0 Å². The lowest BCUT2D eigenvalue weighted by molar-refractivity contribution is -0.141. The largest absolute Gasteiger partial charge is 0.497 e. The SMILES string of the molecule is COC(=O)CCOC(=O)c1cc(OC)ccc1N. The van der Waals surface area contributed by atoms with Crippen molar-refractivity contribution in [2.75, 3.05) is 26.6 Å². The first kappa shape index (κ1) is 13.8. The molecule has 0 aliphatic rings. The van der Waals surface area contributed by atoms with Gasteiger partial charge in [-0.25, -0.2) is 4.79 Å². The van der Waals surface area contributed by atoms with Gasteiger partial charge >= 0.3 is 11.9 Å². The van der Waals surface area contributed by atoms with Crippen molar-refractivity contribution in [3.8, 4) is 5.75 Å². The predicted octanol–water partition coefficient (Wildman–Crippen LogP) is 0.997. The molecular formula is C12H15NO5. The van der Waals surface area contributed by atoms with Crippen LogP contribution in [-0.4, -0.2) is 32.8 Å². The molecule has 98 valence electrons. The van der Waals surface area contributed by atoms with Crippen LogP contribution in [0.4, 0.5) is 5.69 Å². The maximum atomic E-state index is 11.7. The molecule has 0 bridgehead atoms. The topological polar surface area (TPSA) is 87.8 Å². The second-order valence-corrected chi connectivity index (χ2v) is 3.42. The van der Waals surface area contributed by atoms with Gasteiger partial charge in [-0.05, 0) is 18.2 Å². The fourth-order valence-electron chi connectivity index (χ4n) is 1.25. The number of ether oxygens (including phenoxy) is 3. The molecule has 6 nitrogen and oxygen atoms in total. The zero-order valence-electron chi connectivity index (χ0n) is 10.3. The summed E-state index contributed by atoms with van der Waals surface area (Å²) in [5, 5.41) is 0. The Morgan fingerprint density at radius 1 is 1.28 bits per heavy atom. The van der Waals surface area contributed by atoms with E-state index in [0.29, 0.717) is 11.4 Å². The van der Waals surface area contributed by atoms with E-state index in [1.54, 1.807) is 12.1 Å². The minimum absolute atomic E-state index is 0.00606. The number of nitrogens with two attached hydrogens (primary N) is 1. The summed E-state index contributed by atoms with van der Waals surface area (Å²) in [5.74, 6) is -0.541. The molecule has 0 aliphatic carbocycles. The molecule has 0 spiro atoms. The van der Waals surface area contributed by atoms with Gasteiger partial charge in [-0.2, -0.15) is 0 Å². The van der Waals surface area contributed by atoms with Crippen molar-refractivity contribution >= 4 is 17.6 Å². The van der Waals surface area contributed by atoms with Crippen LogP contribution in [0.1, 0.15) is 16.8 Å². The van der Waals surface area contributed by atoms with E-state index in [-0.39, 0.29) is 18.6 Å². The number of esters is 2. The quantitative estimate of drug-likeness (QED) is 0.622. The summed E-state index contributed by atoms with van der Waals surface area (Å²) in [6.45, 7) is -0.0534. The summed E-state index contributed by atoms with van der Waals surface area (Å²) in [5.41, 5.74) is 6.15. The van der Waals surface area contributed by atoms with E-state index in [2.05, 4.69) is 4.74 Å². The van der Waals surface area contributed by atoms with E-state index in [4.69, 9.17) is 15.2 Å². The minimum Gasteiger partial charge on any atom is -0.497 e. The molecular weight excluding hydrogens is 238 g/mol. The van der Waals surface area contributed by atoms with Gasteiger partial charge in [0.15, 0.2) is 0 Å². The molecule has 0 saturated heterocycles. The Kier molecular flexibility index (Phi) is 4.98. The first-order chi connectivity index (χ1) is 8.58. The molecule has 1 rings (SSSR count). The maximum absolute atomic E-state index is 11.7. The Labute approximate surface area is 105 Å². The van der Waals surface area contributed by atoms with Crippen LogP contribution < -0.4 is 10.5 Å². The Balaban J connectivity index is 2.63. The third kappa shape index (κ3) is 3.65. The second kappa shape index (κ2) is 6.48. The van der Waals surface area contributed by atoms with E-state index >= 15 is 0 Å². The molecule has 0 atom stereocenters. The third-order valence-corrected chi connectivity index (χ3v) is 2.25. The fourth-order valence-corrected chi connectivity index (χ4v) is 1.25. The molecule has 6 heteroatoms.